The van der Waals surface area contributed by atoms with Gasteiger partial charge in [-0.1, -0.05) is 0 Å². The standard InChI is InChI=1S/C13H14N2O5S/c1-20-12-3-2-10(8-11(12)13(16)17)21(18,19)7-6-15-5-4-14-9-15/h2-5,8-9H,6-7H2,1H3,(H,16,17). The molecule has 0 atom stereocenters. The van der Waals surface area contributed by atoms with Gasteiger partial charge < -0.3 is 14.4 Å². The Bertz CT molecular complexity index is 738. The third kappa shape index (κ3) is 3.40. The number of hydrogen-bond donors (Lipinski definition) is 1. The smallest absolute Gasteiger partial charge is 0.339 e. The first-order valence-corrected chi connectivity index (χ1v) is 7.69. The highest BCUT2D eigenvalue weighted by Crippen LogP contribution is 2.23. The Morgan fingerprint density at radius 3 is 2.76 bits per heavy atom. The van der Waals surface area contributed by atoms with E-state index in [0.717, 1.165) is 6.07 Å². The highest BCUT2D eigenvalue weighted by Gasteiger charge is 2.19. The Morgan fingerprint density at radius 1 is 1.43 bits per heavy atom. The van der Waals surface area contributed by atoms with Crippen LogP contribution in [0, 0.1) is 0 Å². The third-order valence-electron chi connectivity index (χ3n) is 2.94. The number of aromatic carboxylic acids is 1. The molecule has 1 aromatic carbocycles. The zero-order valence-corrected chi connectivity index (χ0v) is 12.1. The molecule has 1 aromatic heterocycles. The van der Waals surface area contributed by atoms with E-state index in [1.54, 1.807) is 17.0 Å². The molecular weight excluding hydrogens is 296 g/mol. The molecule has 0 amide bonds. The minimum Gasteiger partial charge on any atom is -0.496 e. The van der Waals surface area contributed by atoms with Crippen molar-refractivity contribution >= 4 is 15.8 Å². The number of hydrogen-bond acceptors (Lipinski definition) is 5. The van der Waals surface area contributed by atoms with Gasteiger partial charge in [0.05, 0.1) is 24.1 Å². The zero-order chi connectivity index (χ0) is 15.5. The van der Waals surface area contributed by atoms with Crippen molar-refractivity contribution in [1.82, 2.24) is 9.55 Å². The number of methoxy groups -OCH3 is 1. The molecule has 0 saturated carbocycles. The summed E-state index contributed by atoms with van der Waals surface area (Å²) in [5, 5.41) is 9.08. The summed E-state index contributed by atoms with van der Waals surface area (Å²) in [6.45, 7) is 0.247. The zero-order valence-electron chi connectivity index (χ0n) is 11.3. The van der Waals surface area contributed by atoms with E-state index < -0.39 is 15.8 Å². The molecule has 1 N–H and O–H groups in total. The van der Waals surface area contributed by atoms with E-state index >= 15 is 0 Å². The number of aromatic nitrogens is 2. The lowest BCUT2D eigenvalue weighted by Crippen LogP contribution is -2.13. The summed E-state index contributed by atoms with van der Waals surface area (Å²) in [6, 6.07) is 3.80. The third-order valence-corrected chi connectivity index (χ3v) is 4.63. The van der Waals surface area contributed by atoms with Crippen LogP contribution in [-0.2, 0) is 16.4 Å². The monoisotopic (exact) mass is 310 g/mol. The van der Waals surface area contributed by atoms with Crippen molar-refractivity contribution in [3.63, 3.8) is 0 Å². The van der Waals surface area contributed by atoms with E-state index in [2.05, 4.69) is 4.98 Å². The van der Waals surface area contributed by atoms with Crippen LogP contribution in [0.2, 0.25) is 0 Å². The first-order chi connectivity index (χ1) is 9.94. The van der Waals surface area contributed by atoms with Gasteiger partial charge in [-0.2, -0.15) is 0 Å². The number of ether oxygens (including phenoxy) is 1. The van der Waals surface area contributed by atoms with E-state index in [-0.39, 0.29) is 28.5 Å². The molecule has 0 bridgehead atoms. The highest BCUT2D eigenvalue weighted by atomic mass is 32.2. The molecule has 7 nitrogen and oxygen atoms in total. The van der Waals surface area contributed by atoms with Gasteiger partial charge >= 0.3 is 5.97 Å². The van der Waals surface area contributed by atoms with Crippen LogP contribution in [0.5, 0.6) is 5.75 Å². The summed E-state index contributed by atoms with van der Waals surface area (Å²) in [4.78, 5) is 14.9. The molecule has 21 heavy (non-hydrogen) atoms. The van der Waals surface area contributed by atoms with Gasteiger partial charge in [-0.05, 0) is 18.2 Å². The molecule has 2 rings (SSSR count). The Balaban J connectivity index is 2.27. The Labute approximate surface area is 121 Å². The number of aryl methyl sites for hydroxylation is 1. The van der Waals surface area contributed by atoms with Crippen LogP contribution in [0.1, 0.15) is 10.4 Å². The molecule has 0 aliphatic carbocycles. The minimum atomic E-state index is -3.58. The minimum absolute atomic E-state index is 0.0409. The number of imidazole rings is 1. The first-order valence-electron chi connectivity index (χ1n) is 6.04. The predicted octanol–water partition coefficient (Wildman–Crippen LogP) is 1.06. The molecule has 0 unspecified atom stereocenters. The molecule has 0 aliphatic heterocycles. The van der Waals surface area contributed by atoms with Gasteiger partial charge in [-0.3, -0.25) is 0 Å². The number of benzene rings is 1. The van der Waals surface area contributed by atoms with Crippen LogP contribution in [0.4, 0.5) is 0 Å². The van der Waals surface area contributed by atoms with E-state index in [1.165, 1.54) is 25.6 Å². The lowest BCUT2D eigenvalue weighted by atomic mass is 10.2. The molecule has 0 spiro atoms. The highest BCUT2D eigenvalue weighted by molar-refractivity contribution is 7.91. The van der Waals surface area contributed by atoms with Crippen molar-refractivity contribution in [3.05, 3.63) is 42.5 Å². The summed E-state index contributed by atoms with van der Waals surface area (Å²) in [7, 11) is -2.26. The van der Waals surface area contributed by atoms with Crippen molar-refractivity contribution in [1.29, 1.82) is 0 Å². The van der Waals surface area contributed by atoms with Crippen molar-refractivity contribution in [2.75, 3.05) is 12.9 Å². The average molecular weight is 310 g/mol. The second-order valence-corrected chi connectivity index (χ2v) is 6.40. The largest absolute Gasteiger partial charge is 0.496 e. The van der Waals surface area contributed by atoms with E-state index in [9.17, 15) is 13.2 Å². The molecular formula is C13H14N2O5S. The van der Waals surface area contributed by atoms with E-state index in [4.69, 9.17) is 9.84 Å². The Kier molecular flexibility index (Phi) is 4.27. The average Bonchev–Trinajstić information content (AvgIpc) is 2.97. The summed E-state index contributed by atoms with van der Waals surface area (Å²) in [5.41, 5.74) is -0.179. The van der Waals surface area contributed by atoms with Gasteiger partial charge in [0.2, 0.25) is 0 Å². The Morgan fingerprint density at radius 2 is 2.19 bits per heavy atom. The number of carbonyl (C=O) groups is 1. The maximum Gasteiger partial charge on any atom is 0.339 e. The summed E-state index contributed by atoms with van der Waals surface area (Å²) in [6.07, 6.45) is 4.74. The van der Waals surface area contributed by atoms with E-state index in [1.807, 2.05) is 0 Å². The van der Waals surface area contributed by atoms with Crippen molar-refractivity contribution in [2.24, 2.45) is 0 Å². The van der Waals surface area contributed by atoms with Crippen molar-refractivity contribution in [2.45, 2.75) is 11.4 Å². The van der Waals surface area contributed by atoms with Gasteiger partial charge in [0.1, 0.15) is 11.3 Å². The fourth-order valence-corrected chi connectivity index (χ4v) is 3.07. The molecule has 0 fully saturated rings. The van der Waals surface area contributed by atoms with Crippen LogP contribution in [0.15, 0.2) is 41.8 Å². The van der Waals surface area contributed by atoms with Crippen molar-refractivity contribution < 1.29 is 23.1 Å². The van der Waals surface area contributed by atoms with Crippen LogP contribution in [0.3, 0.4) is 0 Å². The lowest BCUT2D eigenvalue weighted by Gasteiger charge is -2.09. The molecule has 0 aliphatic rings. The van der Waals surface area contributed by atoms with Crippen LogP contribution in [-0.4, -0.2) is 41.9 Å². The fourth-order valence-electron chi connectivity index (χ4n) is 1.81. The predicted molar refractivity (Wildman–Crippen MR) is 74.2 cm³/mol. The second-order valence-electron chi connectivity index (χ2n) is 4.29. The van der Waals surface area contributed by atoms with Crippen LogP contribution < -0.4 is 4.74 Å². The summed E-state index contributed by atoms with van der Waals surface area (Å²) in [5.74, 6) is -1.26. The van der Waals surface area contributed by atoms with Crippen LogP contribution >= 0.6 is 0 Å². The molecule has 2 aromatic rings. The van der Waals surface area contributed by atoms with Crippen molar-refractivity contribution in [3.8, 4) is 5.75 Å². The molecule has 0 saturated heterocycles. The maximum absolute atomic E-state index is 12.2. The number of carboxylic acids is 1. The number of rotatable bonds is 6. The number of carboxylic acid groups (broad SMARTS) is 1. The SMILES string of the molecule is COc1ccc(S(=O)(=O)CCn2ccnc2)cc1C(=O)O. The van der Waals surface area contributed by atoms with Gasteiger partial charge in [-0.15, -0.1) is 0 Å². The maximum atomic E-state index is 12.2. The summed E-state index contributed by atoms with van der Waals surface area (Å²) >= 11 is 0. The molecule has 0 radical (unpaired) electrons. The molecule has 1 heterocycles. The number of sulfone groups is 1. The first kappa shape index (κ1) is 15.0. The van der Waals surface area contributed by atoms with Crippen LogP contribution in [0.25, 0.3) is 0 Å². The van der Waals surface area contributed by atoms with Gasteiger partial charge in [-0.25, -0.2) is 18.2 Å². The lowest BCUT2D eigenvalue weighted by molar-refractivity contribution is 0.0693. The summed E-state index contributed by atoms with van der Waals surface area (Å²) < 4.78 is 31.0. The normalized spacial score (nSPS) is 11.3. The van der Waals surface area contributed by atoms with E-state index in [0.29, 0.717) is 0 Å². The topological polar surface area (TPSA) is 98.5 Å². The second kappa shape index (κ2) is 5.96. The fraction of sp³-hybridized carbons (Fsp3) is 0.231. The van der Waals surface area contributed by atoms with Gasteiger partial charge in [0.25, 0.3) is 0 Å². The quantitative estimate of drug-likeness (QED) is 0.856. The van der Waals surface area contributed by atoms with Gasteiger partial charge in [0.15, 0.2) is 9.84 Å². The Hall–Kier alpha value is -2.35. The molecule has 8 heteroatoms. The van der Waals surface area contributed by atoms with Gasteiger partial charge in [0, 0.05) is 18.9 Å². The molecule has 112 valence electrons. The number of nitrogens with zero attached hydrogens (tertiary/aromatic N) is 2.